The SMILES string of the molecule is CCOc1nc(Nc2cnn(C3CC(O)C3)c2C)nc2c1ccn2SI. The number of ether oxygens (including phenoxy) is 1. The fraction of sp³-hybridized carbons (Fsp3) is 0.438. The van der Waals surface area contributed by atoms with Crippen LogP contribution in [0, 0.1) is 6.92 Å². The molecular weight excluding hydrogens is 467 g/mol. The zero-order valence-electron chi connectivity index (χ0n) is 14.4. The number of nitrogens with zero attached hydrogens (tertiary/aromatic N) is 5. The molecule has 1 aliphatic rings. The maximum absolute atomic E-state index is 9.53. The molecule has 138 valence electrons. The predicted octanol–water partition coefficient (Wildman–Crippen LogP) is 3.62. The van der Waals surface area contributed by atoms with Gasteiger partial charge in [-0.15, -0.1) is 0 Å². The van der Waals surface area contributed by atoms with Crippen molar-refractivity contribution in [1.82, 2.24) is 23.7 Å². The summed E-state index contributed by atoms with van der Waals surface area (Å²) < 4.78 is 9.63. The molecule has 0 unspecified atom stereocenters. The van der Waals surface area contributed by atoms with E-state index in [4.69, 9.17) is 4.74 Å². The lowest BCUT2D eigenvalue weighted by molar-refractivity contribution is 0.0426. The van der Waals surface area contributed by atoms with Crippen LogP contribution in [0.15, 0.2) is 18.5 Å². The van der Waals surface area contributed by atoms with Gasteiger partial charge in [0.15, 0.2) is 5.65 Å². The second-order valence-corrected chi connectivity index (χ2v) is 7.94. The topological polar surface area (TPSA) is 90.0 Å². The highest BCUT2D eigenvalue weighted by molar-refractivity contribution is 14.2. The zero-order chi connectivity index (χ0) is 18.3. The van der Waals surface area contributed by atoms with E-state index in [1.54, 1.807) is 15.3 Å². The third-order valence-corrected chi connectivity index (χ3v) is 6.27. The minimum atomic E-state index is -0.210. The Bertz CT molecular complexity index is 936. The van der Waals surface area contributed by atoms with Gasteiger partial charge in [0.2, 0.25) is 11.8 Å². The van der Waals surface area contributed by atoms with Crippen molar-refractivity contribution < 1.29 is 9.84 Å². The molecule has 3 aromatic heterocycles. The summed E-state index contributed by atoms with van der Waals surface area (Å²) in [4.78, 5) is 9.17. The average molecular weight is 486 g/mol. The van der Waals surface area contributed by atoms with E-state index in [9.17, 15) is 5.11 Å². The van der Waals surface area contributed by atoms with E-state index in [0.717, 1.165) is 35.3 Å². The highest BCUT2D eigenvalue weighted by Crippen LogP contribution is 2.35. The lowest BCUT2D eigenvalue weighted by Crippen LogP contribution is -2.31. The molecular formula is C16H19IN6O2S. The Morgan fingerprint density at radius 1 is 1.42 bits per heavy atom. The Morgan fingerprint density at radius 2 is 2.23 bits per heavy atom. The molecule has 0 saturated heterocycles. The molecule has 0 spiro atoms. The zero-order valence-corrected chi connectivity index (χ0v) is 17.4. The minimum absolute atomic E-state index is 0.210. The molecule has 0 amide bonds. The largest absolute Gasteiger partial charge is 0.477 e. The Kier molecular flexibility index (Phi) is 4.97. The van der Waals surface area contributed by atoms with Gasteiger partial charge in [-0.25, -0.2) is 0 Å². The van der Waals surface area contributed by atoms with E-state index in [1.165, 1.54) is 0 Å². The average Bonchev–Trinajstić information content (AvgIpc) is 3.17. The minimum Gasteiger partial charge on any atom is -0.477 e. The van der Waals surface area contributed by atoms with E-state index in [-0.39, 0.29) is 12.1 Å². The normalized spacial score (nSPS) is 19.5. The van der Waals surface area contributed by atoms with Crippen LogP contribution < -0.4 is 10.1 Å². The number of aromatic nitrogens is 5. The Labute approximate surface area is 167 Å². The number of aliphatic hydroxyl groups is 1. The van der Waals surface area contributed by atoms with Gasteiger partial charge in [0, 0.05) is 36.5 Å². The van der Waals surface area contributed by atoms with Crippen molar-refractivity contribution in [3.63, 3.8) is 0 Å². The molecule has 3 heterocycles. The Morgan fingerprint density at radius 3 is 2.92 bits per heavy atom. The van der Waals surface area contributed by atoms with Crippen LogP contribution in [-0.4, -0.2) is 41.5 Å². The highest BCUT2D eigenvalue weighted by atomic mass is 127. The second kappa shape index (κ2) is 7.24. The summed E-state index contributed by atoms with van der Waals surface area (Å²) in [5.41, 5.74) is 2.66. The van der Waals surface area contributed by atoms with Crippen LogP contribution in [0.25, 0.3) is 11.0 Å². The molecule has 1 fully saturated rings. The molecule has 26 heavy (non-hydrogen) atoms. The van der Waals surface area contributed by atoms with Gasteiger partial charge in [-0.1, -0.05) is 0 Å². The first-order valence-electron chi connectivity index (χ1n) is 8.40. The Hall–Kier alpha value is -1.53. The highest BCUT2D eigenvalue weighted by Gasteiger charge is 2.30. The van der Waals surface area contributed by atoms with Gasteiger partial charge < -0.3 is 15.2 Å². The van der Waals surface area contributed by atoms with Crippen molar-refractivity contribution in [3.8, 4) is 5.88 Å². The van der Waals surface area contributed by atoms with Gasteiger partial charge in [-0.3, -0.25) is 8.65 Å². The number of fused-ring (bicyclic) bond motifs is 1. The van der Waals surface area contributed by atoms with Crippen LogP contribution in [-0.2, 0) is 0 Å². The van der Waals surface area contributed by atoms with Crippen molar-refractivity contribution in [2.45, 2.75) is 38.8 Å². The van der Waals surface area contributed by atoms with Crippen LogP contribution >= 0.6 is 30.3 Å². The molecule has 0 bridgehead atoms. The first kappa shape index (κ1) is 17.9. The van der Waals surface area contributed by atoms with Gasteiger partial charge in [0.25, 0.3) is 0 Å². The van der Waals surface area contributed by atoms with E-state index >= 15 is 0 Å². The molecule has 1 aliphatic carbocycles. The van der Waals surface area contributed by atoms with Crippen molar-refractivity contribution in [1.29, 1.82) is 0 Å². The number of anilines is 2. The van der Waals surface area contributed by atoms with E-state index in [2.05, 4.69) is 41.6 Å². The molecule has 2 N–H and O–H groups in total. The summed E-state index contributed by atoms with van der Waals surface area (Å²) in [6.07, 6.45) is 5.02. The van der Waals surface area contributed by atoms with Crippen LogP contribution in [0.1, 0.15) is 31.5 Å². The predicted molar refractivity (Wildman–Crippen MR) is 110 cm³/mol. The van der Waals surface area contributed by atoms with Gasteiger partial charge >= 0.3 is 0 Å². The fourth-order valence-electron chi connectivity index (χ4n) is 3.12. The second-order valence-electron chi connectivity index (χ2n) is 6.23. The standard InChI is InChI=1S/C16H19IN6O2S/c1-3-25-15-12-4-5-22(26-17)14(12)20-16(21-15)19-13-8-18-23(9(13)2)10-6-11(24)7-10/h4-5,8,10-11,24H,3,6-7H2,1-2H3,(H,19,20,21). The summed E-state index contributed by atoms with van der Waals surface area (Å²) in [5, 5.41) is 18.1. The van der Waals surface area contributed by atoms with Crippen LogP contribution in [0.5, 0.6) is 5.88 Å². The smallest absolute Gasteiger partial charge is 0.232 e. The molecule has 4 rings (SSSR count). The summed E-state index contributed by atoms with van der Waals surface area (Å²) in [6.45, 7) is 4.48. The summed E-state index contributed by atoms with van der Waals surface area (Å²) >= 11 is 2.22. The summed E-state index contributed by atoms with van der Waals surface area (Å²) in [7, 11) is 1.54. The molecule has 3 aromatic rings. The third-order valence-electron chi connectivity index (χ3n) is 4.56. The molecule has 0 aliphatic heterocycles. The van der Waals surface area contributed by atoms with Gasteiger partial charge in [0.1, 0.15) is 0 Å². The van der Waals surface area contributed by atoms with E-state index < -0.39 is 0 Å². The number of nitrogens with one attached hydrogen (secondary N) is 1. The van der Waals surface area contributed by atoms with Gasteiger partial charge in [-0.05, 0) is 32.8 Å². The first-order valence-corrected chi connectivity index (χ1v) is 11.7. The summed E-state index contributed by atoms with van der Waals surface area (Å²) in [6, 6.07) is 2.22. The number of hydrogen-bond acceptors (Lipinski definition) is 7. The maximum atomic E-state index is 9.53. The Balaban J connectivity index is 1.66. The van der Waals surface area contributed by atoms with Crippen molar-refractivity contribution in [3.05, 3.63) is 24.2 Å². The number of aliphatic hydroxyl groups excluding tert-OH is 1. The van der Waals surface area contributed by atoms with E-state index in [1.807, 2.05) is 34.8 Å². The quantitative estimate of drug-likeness (QED) is 0.515. The molecule has 1 saturated carbocycles. The van der Waals surface area contributed by atoms with Crippen molar-refractivity contribution in [2.75, 3.05) is 11.9 Å². The van der Waals surface area contributed by atoms with Gasteiger partial charge in [0.05, 0.1) is 41.7 Å². The van der Waals surface area contributed by atoms with Crippen LogP contribution in [0.3, 0.4) is 0 Å². The lowest BCUT2D eigenvalue weighted by atomic mass is 9.89. The first-order chi connectivity index (χ1) is 12.6. The maximum Gasteiger partial charge on any atom is 0.232 e. The third kappa shape index (κ3) is 3.14. The van der Waals surface area contributed by atoms with E-state index in [0.29, 0.717) is 18.4 Å². The van der Waals surface area contributed by atoms with Crippen LogP contribution in [0.2, 0.25) is 0 Å². The molecule has 8 nitrogen and oxygen atoms in total. The van der Waals surface area contributed by atoms with Crippen molar-refractivity contribution in [2.24, 2.45) is 0 Å². The molecule has 10 heteroatoms. The number of rotatable bonds is 6. The fourth-order valence-corrected chi connectivity index (χ4v) is 4.38. The molecule has 0 radical (unpaired) electrons. The monoisotopic (exact) mass is 486 g/mol. The van der Waals surface area contributed by atoms with Gasteiger partial charge in [-0.2, -0.15) is 15.1 Å². The molecule has 0 aromatic carbocycles. The summed E-state index contributed by atoms with van der Waals surface area (Å²) in [5.74, 6) is 1.04. The number of halogens is 1. The number of hydrogen-bond donors (Lipinski definition) is 2. The lowest BCUT2D eigenvalue weighted by Gasteiger charge is -2.32. The molecule has 0 atom stereocenters. The van der Waals surface area contributed by atoms with Crippen molar-refractivity contribution >= 4 is 53.0 Å². The van der Waals surface area contributed by atoms with Crippen LogP contribution in [0.4, 0.5) is 11.6 Å².